The van der Waals surface area contributed by atoms with Crippen LogP contribution in [0, 0.1) is 0 Å². The van der Waals surface area contributed by atoms with Gasteiger partial charge >= 0.3 is 0 Å². The molecule has 0 fully saturated rings. The van der Waals surface area contributed by atoms with Gasteiger partial charge in [-0.2, -0.15) is 0 Å². The van der Waals surface area contributed by atoms with Crippen molar-refractivity contribution in [2.24, 2.45) is 0 Å². The van der Waals surface area contributed by atoms with Gasteiger partial charge in [-0.1, -0.05) is 45.4 Å². The first-order chi connectivity index (χ1) is 10.3. The first-order valence-electron chi connectivity index (χ1n) is 6.70. The van der Waals surface area contributed by atoms with Gasteiger partial charge in [-0.05, 0) is 29.8 Å². The van der Waals surface area contributed by atoms with Gasteiger partial charge in [0.25, 0.3) is 0 Å². The second-order valence-corrected chi connectivity index (χ2v) is 5.87. The van der Waals surface area contributed by atoms with E-state index < -0.39 is 0 Å². The molecule has 3 aromatic rings. The molecule has 0 saturated carbocycles. The van der Waals surface area contributed by atoms with Crippen LogP contribution in [0.1, 0.15) is 11.3 Å². The van der Waals surface area contributed by atoms with Gasteiger partial charge < -0.3 is 4.74 Å². The quantitative estimate of drug-likeness (QED) is 0.714. The Morgan fingerprint density at radius 3 is 2.76 bits per heavy atom. The van der Waals surface area contributed by atoms with Gasteiger partial charge in [0.2, 0.25) is 0 Å². The fourth-order valence-electron chi connectivity index (χ4n) is 2.55. The summed E-state index contributed by atoms with van der Waals surface area (Å²) in [5.41, 5.74) is 4.20. The van der Waals surface area contributed by atoms with Gasteiger partial charge in [0.1, 0.15) is 18.1 Å². The second-order valence-electron chi connectivity index (χ2n) is 4.95. The smallest absolute Gasteiger partial charge is 0.134 e. The Morgan fingerprint density at radius 2 is 1.90 bits per heavy atom. The molecular weight excluding hydrogens is 330 g/mol. The molecule has 104 valence electrons. The average Bonchev–Trinajstić information content (AvgIpc) is 2.93. The monoisotopic (exact) mass is 341 g/mol. The standard InChI is InChI=1S/C16H12BrN3O/c17-12-7-5-11(6-8-12)9-20-16-13-3-1-2-4-15(13)21-10-14(16)18-19-20/h1-8H,9-10H2. The Balaban J connectivity index is 1.76. The highest BCUT2D eigenvalue weighted by molar-refractivity contribution is 9.10. The summed E-state index contributed by atoms with van der Waals surface area (Å²) in [4.78, 5) is 0. The average molecular weight is 342 g/mol. The molecule has 0 unspecified atom stereocenters. The van der Waals surface area contributed by atoms with E-state index in [9.17, 15) is 0 Å². The maximum atomic E-state index is 5.71. The highest BCUT2D eigenvalue weighted by atomic mass is 79.9. The summed E-state index contributed by atoms with van der Waals surface area (Å²) >= 11 is 3.45. The van der Waals surface area contributed by atoms with E-state index in [1.54, 1.807) is 0 Å². The van der Waals surface area contributed by atoms with Gasteiger partial charge in [0, 0.05) is 10.0 Å². The van der Waals surface area contributed by atoms with Crippen LogP contribution in [-0.4, -0.2) is 15.0 Å². The molecule has 1 aliphatic heterocycles. The third kappa shape index (κ3) is 2.23. The zero-order chi connectivity index (χ0) is 14.2. The second kappa shape index (κ2) is 5.00. The predicted molar refractivity (Wildman–Crippen MR) is 83.0 cm³/mol. The number of halogens is 1. The predicted octanol–water partition coefficient (Wildman–Crippen LogP) is 3.65. The lowest BCUT2D eigenvalue weighted by molar-refractivity contribution is 0.297. The van der Waals surface area contributed by atoms with Crippen molar-refractivity contribution in [2.75, 3.05) is 0 Å². The van der Waals surface area contributed by atoms with Crippen molar-refractivity contribution in [3.8, 4) is 17.0 Å². The van der Waals surface area contributed by atoms with Crippen molar-refractivity contribution < 1.29 is 4.74 Å². The molecule has 5 heteroatoms. The molecular formula is C16H12BrN3O. The molecule has 21 heavy (non-hydrogen) atoms. The lowest BCUT2D eigenvalue weighted by Crippen LogP contribution is -2.09. The van der Waals surface area contributed by atoms with Crippen LogP contribution in [0.3, 0.4) is 0 Å². The highest BCUT2D eigenvalue weighted by Gasteiger charge is 2.23. The number of aromatic nitrogens is 3. The molecule has 0 N–H and O–H groups in total. The molecule has 0 aliphatic carbocycles. The van der Waals surface area contributed by atoms with E-state index in [1.165, 1.54) is 5.56 Å². The van der Waals surface area contributed by atoms with Crippen molar-refractivity contribution in [1.29, 1.82) is 0 Å². The summed E-state index contributed by atoms with van der Waals surface area (Å²) in [5, 5.41) is 8.54. The Kier molecular flexibility index (Phi) is 3.00. The number of hydrogen-bond donors (Lipinski definition) is 0. The first kappa shape index (κ1) is 12.6. The van der Waals surface area contributed by atoms with Gasteiger partial charge in [-0.15, -0.1) is 5.10 Å². The number of hydrogen-bond acceptors (Lipinski definition) is 3. The van der Waals surface area contributed by atoms with E-state index in [1.807, 2.05) is 35.0 Å². The lowest BCUT2D eigenvalue weighted by Gasteiger charge is -2.17. The Bertz CT molecular complexity index is 796. The number of fused-ring (bicyclic) bond motifs is 3. The maximum Gasteiger partial charge on any atom is 0.134 e. The van der Waals surface area contributed by atoms with Crippen LogP contribution in [0.25, 0.3) is 11.3 Å². The van der Waals surface area contributed by atoms with E-state index in [4.69, 9.17) is 4.74 Å². The minimum Gasteiger partial charge on any atom is -0.486 e. The molecule has 0 radical (unpaired) electrons. The molecule has 0 saturated heterocycles. The maximum absolute atomic E-state index is 5.71. The van der Waals surface area contributed by atoms with E-state index in [0.717, 1.165) is 27.2 Å². The van der Waals surface area contributed by atoms with Crippen molar-refractivity contribution in [3.05, 3.63) is 64.3 Å². The normalized spacial score (nSPS) is 12.4. The Morgan fingerprint density at radius 1 is 1.10 bits per heavy atom. The number of ether oxygens (including phenoxy) is 1. The molecule has 2 aromatic carbocycles. The summed E-state index contributed by atoms with van der Waals surface area (Å²) < 4.78 is 8.73. The van der Waals surface area contributed by atoms with Crippen LogP contribution in [0.5, 0.6) is 5.75 Å². The van der Waals surface area contributed by atoms with Crippen molar-refractivity contribution in [1.82, 2.24) is 15.0 Å². The summed E-state index contributed by atoms with van der Waals surface area (Å²) in [7, 11) is 0. The number of rotatable bonds is 2. The molecule has 0 amide bonds. The van der Waals surface area contributed by atoms with Gasteiger partial charge in [0.05, 0.1) is 12.2 Å². The number of nitrogens with zero attached hydrogens (tertiary/aromatic N) is 3. The summed E-state index contributed by atoms with van der Waals surface area (Å²) in [6.07, 6.45) is 0. The van der Waals surface area contributed by atoms with Gasteiger partial charge in [0.15, 0.2) is 0 Å². The van der Waals surface area contributed by atoms with Gasteiger partial charge in [-0.3, -0.25) is 0 Å². The van der Waals surface area contributed by atoms with E-state index in [2.05, 4.69) is 44.4 Å². The van der Waals surface area contributed by atoms with Crippen LogP contribution >= 0.6 is 15.9 Å². The minimum absolute atomic E-state index is 0.479. The van der Waals surface area contributed by atoms with Crippen LogP contribution in [-0.2, 0) is 13.2 Å². The van der Waals surface area contributed by atoms with Crippen LogP contribution in [0.2, 0.25) is 0 Å². The fraction of sp³-hybridized carbons (Fsp3) is 0.125. The summed E-state index contributed by atoms with van der Waals surface area (Å²) in [5.74, 6) is 0.893. The Hall–Kier alpha value is -2.14. The topological polar surface area (TPSA) is 39.9 Å². The molecule has 2 heterocycles. The van der Waals surface area contributed by atoms with Crippen LogP contribution < -0.4 is 4.74 Å². The minimum atomic E-state index is 0.479. The van der Waals surface area contributed by atoms with Crippen LogP contribution in [0.4, 0.5) is 0 Å². The molecule has 4 nitrogen and oxygen atoms in total. The molecule has 0 spiro atoms. The number of benzene rings is 2. The highest BCUT2D eigenvalue weighted by Crippen LogP contribution is 2.36. The lowest BCUT2D eigenvalue weighted by atomic mass is 10.1. The largest absolute Gasteiger partial charge is 0.486 e. The third-order valence-electron chi connectivity index (χ3n) is 3.56. The molecule has 0 bridgehead atoms. The molecule has 4 rings (SSSR count). The first-order valence-corrected chi connectivity index (χ1v) is 7.49. The third-order valence-corrected chi connectivity index (χ3v) is 4.09. The molecule has 1 aromatic heterocycles. The zero-order valence-corrected chi connectivity index (χ0v) is 12.7. The summed E-state index contributed by atoms with van der Waals surface area (Å²) in [6.45, 7) is 1.18. The fourth-order valence-corrected chi connectivity index (χ4v) is 2.81. The van der Waals surface area contributed by atoms with E-state index in [0.29, 0.717) is 13.2 Å². The summed E-state index contributed by atoms with van der Waals surface area (Å²) in [6, 6.07) is 16.3. The van der Waals surface area contributed by atoms with E-state index >= 15 is 0 Å². The van der Waals surface area contributed by atoms with Crippen molar-refractivity contribution in [3.63, 3.8) is 0 Å². The van der Waals surface area contributed by atoms with Crippen molar-refractivity contribution >= 4 is 15.9 Å². The van der Waals surface area contributed by atoms with E-state index in [-0.39, 0.29) is 0 Å². The Labute approximate surface area is 130 Å². The molecule has 1 aliphatic rings. The van der Waals surface area contributed by atoms with Crippen LogP contribution in [0.15, 0.2) is 53.0 Å². The SMILES string of the molecule is Brc1ccc(Cn2nnc3c2-c2ccccc2OC3)cc1. The number of para-hydroxylation sites is 1. The zero-order valence-electron chi connectivity index (χ0n) is 11.2. The van der Waals surface area contributed by atoms with Crippen molar-refractivity contribution in [2.45, 2.75) is 13.2 Å². The molecule has 0 atom stereocenters. The van der Waals surface area contributed by atoms with Gasteiger partial charge in [-0.25, -0.2) is 4.68 Å².